The van der Waals surface area contributed by atoms with E-state index in [2.05, 4.69) is 17.6 Å². The number of thiophene rings is 1. The van der Waals surface area contributed by atoms with Crippen molar-refractivity contribution in [3.63, 3.8) is 0 Å². The number of halogens is 1. The van der Waals surface area contributed by atoms with E-state index < -0.39 is 0 Å². The van der Waals surface area contributed by atoms with Crippen molar-refractivity contribution in [2.24, 2.45) is 0 Å². The van der Waals surface area contributed by atoms with Gasteiger partial charge in [0.1, 0.15) is 13.2 Å². The molecule has 2 aliphatic heterocycles. The van der Waals surface area contributed by atoms with Crippen LogP contribution in [0.15, 0.2) is 30.3 Å². The zero-order valence-electron chi connectivity index (χ0n) is 14.6. The molecular weight excluding hydrogens is 372 g/mol. The number of nitrogens with one attached hydrogen (secondary N) is 2. The van der Waals surface area contributed by atoms with Crippen molar-refractivity contribution >= 4 is 29.7 Å². The van der Waals surface area contributed by atoms with Crippen LogP contribution in [0, 0.1) is 0 Å². The molecule has 1 aromatic carbocycles. The highest BCUT2D eigenvalue weighted by molar-refractivity contribution is 7.17. The van der Waals surface area contributed by atoms with Gasteiger partial charge < -0.3 is 20.1 Å². The van der Waals surface area contributed by atoms with Gasteiger partial charge in [-0.3, -0.25) is 4.79 Å². The van der Waals surface area contributed by atoms with Crippen molar-refractivity contribution in [3.8, 4) is 21.9 Å². The monoisotopic (exact) mass is 394 g/mol. The fraction of sp³-hybridized carbons (Fsp3) is 0.421. The van der Waals surface area contributed by atoms with Crippen molar-refractivity contribution in [2.75, 3.05) is 19.8 Å². The molecule has 0 saturated carbocycles. The molecule has 1 saturated heterocycles. The lowest BCUT2D eigenvalue weighted by molar-refractivity contribution is 0.0924. The molecule has 2 aromatic rings. The van der Waals surface area contributed by atoms with Gasteiger partial charge in [-0.15, -0.1) is 23.7 Å². The Hall–Kier alpha value is -1.76. The smallest absolute Gasteiger partial charge is 0.261 e. The van der Waals surface area contributed by atoms with Crippen LogP contribution in [0.5, 0.6) is 11.5 Å². The first kappa shape index (κ1) is 19.0. The van der Waals surface area contributed by atoms with Gasteiger partial charge in [-0.2, -0.15) is 0 Å². The predicted octanol–water partition coefficient (Wildman–Crippen LogP) is 3.48. The second-order valence-corrected chi connectivity index (χ2v) is 7.57. The molecule has 0 radical (unpaired) electrons. The molecule has 140 valence electrons. The van der Waals surface area contributed by atoms with E-state index in [1.165, 1.54) is 11.3 Å². The molecule has 1 aromatic heterocycles. The number of benzene rings is 1. The number of fused-ring (bicyclic) bond motifs is 1. The van der Waals surface area contributed by atoms with Crippen molar-refractivity contribution in [1.82, 2.24) is 10.6 Å². The van der Waals surface area contributed by atoms with Crippen LogP contribution >= 0.6 is 23.7 Å². The fourth-order valence-electron chi connectivity index (χ4n) is 3.29. The van der Waals surface area contributed by atoms with Gasteiger partial charge in [0.15, 0.2) is 11.5 Å². The molecule has 7 heteroatoms. The minimum absolute atomic E-state index is 0. The SMILES string of the molecule is CC1NCCCC1NC(=O)c1ccc(-c2ccc3c(c2)OCCO3)s1.Cl. The van der Waals surface area contributed by atoms with Crippen LogP contribution in [0.25, 0.3) is 10.4 Å². The van der Waals surface area contributed by atoms with Crippen molar-refractivity contribution in [3.05, 3.63) is 35.2 Å². The summed E-state index contributed by atoms with van der Waals surface area (Å²) in [5.74, 6) is 1.56. The Morgan fingerprint density at radius 1 is 1.19 bits per heavy atom. The summed E-state index contributed by atoms with van der Waals surface area (Å²) in [6.45, 7) is 4.31. The summed E-state index contributed by atoms with van der Waals surface area (Å²) in [6, 6.07) is 10.3. The third-order valence-electron chi connectivity index (χ3n) is 4.73. The number of carbonyl (C=O) groups is 1. The van der Waals surface area contributed by atoms with Gasteiger partial charge in [-0.1, -0.05) is 0 Å². The van der Waals surface area contributed by atoms with Gasteiger partial charge in [0.25, 0.3) is 5.91 Å². The number of hydrogen-bond acceptors (Lipinski definition) is 5. The Morgan fingerprint density at radius 3 is 2.81 bits per heavy atom. The van der Waals surface area contributed by atoms with Gasteiger partial charge in [0.05, 0.1) is 4.88 Å². The lowest BCUT2D eigenvalue weighted by atomic mass is 10.00. The Labute approximate surface area is 163 Å². The van der Waals surface area contributed by atoms with E-state index in [-0.39, 0.29) is 24.4 Å². The van der Waals surface area contributed by atoms with Gasteiger partial charge in [-0.25, -0.2) is 0 Å². The van der Waals surface area contributed by atoms with Crippen molar-refractivity contribution in [1.29, 1.82) is 0 Å². The molecule has 26 heavy (non-hydrogen) atoms. The first-order valence-corrected chi connectivity index (χ1v) is 9.56. The topological polar surface area (TPSA) is 59.6 Å². The molecule has 1 fully saturated rings. The third kappa shape index (κ3) is 3.98. The van der Waals surface area contributed by atoms with E-state index in [1.807, 2.05) is 30.3 Å². The zero-order chi connectivity index (χ0) is 17.2. The van der Waals surface area contributed by atoms with E-state index >= 15 is 0 Å². The summed E-state index contributed by atoms with van der Waals surface area (Å²) in [6.07, 6.45) is 2.13. The van der Waals surface area contributed by atoms with Crippen LogP contribution in [0.4, 0.5) is 0 Å². The third-order valence-corrected chi connectivity index (χ3v) is 5.87. The van der Waals surface area contributed by atoms with Crippen LogP contribution in [-0.4, -0.2) is 37.7 Å². The number of hydrogen-bond donors (Lipinski definition) is 2. The van der Waals surface area contributed by atoms with E-state index in [0.717, 1.165) is 46.2 Å². The predicted molar refractivity (Wildman–Crippen MR) is 106 cm³/mol. The van der Waals surface area contributed by atoms with Gasteiger partial charge in [0, 0.05) is 17.0 Å². The molecule has 0 aliphatic carbocycles. The number of carbonyl (C=O) groups excluding carboxylic acids is 1. The molecule has 2 atom stereocenters. The van der Waals surface area contributed by atoms with Crippen LogP contribution in [-0.2, 0) is 0 Å². The Bertz CT molecular complexity index is 780. The van der Waals surface area contributed by atoms with Crippen LogP contribution in [0.1, 0.15) is 29.4 Å². The van der Waals surface area contributed by atoms with E-state index in [1.54, 1.807) is 0 Å². The molecule has 4 rings (SSSR count). The molecular formula is C19H23ClN2O3S. The second-order valence-electron chi connectivity index (χ2n) is 6.49. The minimum atomic E-state index is 0. The van der Waals surface area contributed by atoms with Crippen molar-refractivity contribution in [2.45, 2.75) is 31.8 Å². The highest BCUT2D eigenvalue weighted by Crippen LogP contribution is 2.36. The second kappa shape index (κ2) is 8.29. The number of rotatable bonds is 3. The molecule has 1 amide bonds. The quantitative estimate of drug-likeness (QED) is 0.836. The molecule has 0 spiro atoms. The largest absolute Gasteiger partial charge is 0.486 e. The average Bonchev–Trinajstić information content (AvgIpc) is 3.13. The van der Waals surface area contributed by atoms with Gasteiger partial charge in [-0.05, 0) is 62.2 Å². The highest BCUT2D eigenvalue weighted by Gasteiger charge is 2.23. The molecule has 2 N–H and O–H groups in total. The Kier molecular flexibility index (Phi) is 6.06. The molecule has 0 bridgehead atoms. The van der Waals surface area contributed by atoms with E-state index in [9.17, 15) is 4.79 Å². The minimum Gasteiger partial charge on any atom is -0.486 e. The summed E-state index contributed by atoms with van der Waals surface area (Å²) < 4.78 is 11.2. The standard InChI is InChI=1S/C19H22N2O3S.ClH/c1-12-14(3-2-8-20-12)21-19(22)18-7-6-17(25-18)13-4-5-15-16(11-13)24-10-9-23-15;/h4-7,11-12,14,20H,2-3,8-10H2,1H3,(H,21,22);1H. The summed E-state index contributed by atoms with van der Waals surface area (Å²) in [5.41, 5.74) is 1.04. The van der Waals surface area contributed by atoms with Crippen molar-refractivity contribution < 1.29 is 14.3 Å². The summed E-state index contributed by atoms with van der Waals surface area (Å²) >= 11 is 1.51. The first-order valence-electron chi connectivity index (χ1n) is 8.75. The van der Waals surface area contributed by atoms with Crippen LogP contribution < -0.4 is 20.1 Å². The molecule has 3 heterocycles. The van der Waals surface area contributed by atoms with Gasteiger partial charge in [0.2, 0.25) is 0 Å². The maximum absolute atomic E-state index is 12.6. The number of ether oxygens (including phenoxy) is 2. The van der Waals surface area contributed by atoms with E-state index in [0.29, 0.717) is 19.3 Å². The summed E-state index contributed by atoms with van der Waals surface area (Å²) in [5, 5.41) is 6.58. The zero-order valence-corrected chi connectivity index (χ0v) is 16.3. The number of amides is 1. The normalized spacial score (nSPS) is 21.6. The maximum Gasteiger partial charge on any atom is 0.261 e. The lowest BCUT2D eigenvalue weighted by Crippen LogP contribution is -2.51. The molecule has 2 unspecified atom stereocenters. The highest BCUT2D eigenvalue weighted by atomic mass is 35.5. The summed E-state index contributed by atoms with van der Waals surface area (Å²) in [4.78, 5) is 14.4. The maximum atomic E-state index is 12.6. The van der Waals surface area contributed by atoms with Crippen LogP contribution in [0.2, 0.25) is 0 Å². The average molecular weight is 395 g/mol. The Balaban J connectivity index is 0.00000196. The summed E-state index contributed by atoms with van der Waals surface area (Å²) in [7, 11) is 0. The first-order chi connectivity index (χ1) is 12.2. The molecule has 5 nitrogen and oxygen atoms in total. The van der Waals surface area contributed by atoms with Gasteiger partial charge >= 0.3 is 0 Å². The Morgan fingerprint density at radius 2 is 2.00 bits per heavy atom. The van der Waals surface area contributed by atoms with E-state index in [4.69, 9.17) is 9.47 Å². The molecule has 2 aliphatic rings. The van der Waals surface area contributed by atoms with Crippen LogP contribution in [0.3, 0.4) is 0 Å². The lowest BCUT2D eigenvalue weighted by Gasteiger charge is -2.30. The fourth-order valence-corrected chi connectivity index (χ4v) is 4.20. The number of piperidine rings is 1.